The van der Waals surface area contributed by atoms with Crippen molar-refractivity contribution in [3.63, 3.8) is 0 Å². The molecule has 1 aliphatic heterocycles. The number of aromatic nitrogens is 3. The van der Waals surface area contributed by atoms with Crippen molar-refractivity contribution in [2.75, 3.05) is 13.1 Å². The van der Waals surface area contributed by atoms with E-state index >= 15 is 0 Å². The number of piperidine rings is 1. The SMILES string of the molecule is CC(O)(CC(=O)N1CCCC(Cn2ccnn2)C1)c1ccccc1. The van der Waals surface area contributed by atoms with E-state index in [4.69, 9.17) is 0 Å². The van der Waals surface area contributed by atoms with Crippen molar-refractivity contribution in [2.24, 2.45) is 5.92 Å². The van der Waals surface area contributed by atoms with Crippen LogP contribution < -0.4 is 0 Å². The molecule has 1 aromatic heterocycles. The summed E-state index contributed by atoms with van der Waals surface area (Å²) in [5.74, 6) is 0.387. The summed E-state index contributed by atoms with van der Waals surface area (Å²) in [4.78, 5) is 14.5. The zero-order valence-corrected chi connectivity index (χ0v) is 14.0. The zero-order valence-electron chi connectivity index (χ0n) is 14.0. The number of amides is 1. The van der Waals surface area contributed by atoms with Gasteiger partial charge in [-0.1, -0.05) is 35.5 Å². The van der Waals surface area contributed by atoms with Gasteiger partial charge in [0.25, 0.3) is 0 Å². The van der Waals surface area contributed by atoms with E-state index in [0.717, 1.165) is 31.5 Å². The molecular weight excluding hydrogens is 304 g/mol. The average Bonchev–Trinajstić information content (AvgIpc) is 3.08. The molecule has 0 saturated carbocycles. The second-order valence-electron chi connectivity index (χ2n) is 6.79. The second kappa shape index (κ2) is 7.13. The highest BCUT2D eigenvalue weighted by atomic mass is 16.3. The molecule has 3 rings (SSSR count). The smallest absolute Gasteiger partial charge is 0.225 e. The normalized spacial score (nSPS) is 20.6. The highest BCUT2D eigenvalue weighted by Gasteiger charge is 2.31. The minimum absolute atomic E-state index is 0.00661. The Morgan fingerprint density at radius 1 is 1.38 bits per heavy atom. The number of rotatable bonds is 5. The third kappa shape index (κ3) is 4.00. The van der Waals surface area contributed by atoms with Crippen LogP contribution in [-0.4, -0.2) is 44.0 Å². The van der Waals surface area contributed by atoms with Gasteiger partial charge >= 0.3 is 0 Å². The van der Waals surface area contributed by atoms with Crippen LogP contribution in [0.1, 0.15) is 31.7 Å². The molecule has 1 fully saturated rings. The number of nitrogens with zero attached hydrogens (tertiary/aromatic N) is 4. The lowest BCUT2D eigenvalue weighted by Gasteiger charge is -2.34. The molecule has 1 aromatic carbocycles. The van der Waals surface area contributed by atoms with Crippen LogP contribution in [0.2, 0.25) is 0 Å². The predicted molar refractivity (Wildman–Crippen MR) is 90.0 cm³/mol. The Kier molecular flexibility index (Phi) is 4.94. The van der Waals surface area contributed by atoms with Crippen LogP contribution in [0.3, 0.4) is 0 Å². The zero-order chi connectivity index (χ0) is 17.0. The Balaban J connectivity index is 1.60. The topological polar surface area (TPSA) is 71.2 Å². The van der Waals surface area contributed by atoms with Gasteiger partial charge in [0.2, 0.25) is 5.91 Å². The largest absolute Gasteiger partial charge is 0.385 e. The fourth-order valence-electron chi connectivity index (χ4n) is 3.34. The molecule has 1 saturated heterocycles. The first-order valence-electron chi connectivity index (χ1n) is 8.44. The van der Waals surface area contributed by atoms with Gasteiger partial charge in [-0.2, -0.15) is 0 Å². The van der Waals surface area contributed by atoms with E-state index in [2.05, 4.69) is 10.3 Å². The van der Waals surface area contributed by atoms with E-state index in [0.29, 0.717) is 12.5 Å². The second-order valence-corrected chi connectivity index (χ2v) is 6.79. The monoisotopic (exact) mass is 328 g/mol. The minimum Gasteiger partial charge on any atom is -0.385 e. The molecule has 2 aromatic rings. The van der Waals surface area contributed by atoms with Gasteiger partial charge in [-0.3, -0.25) is 9.48 Å². The fourth-order valence-corrected chi connectivity index (χ4v) is 3.34. The van der Waals surface area contributed by atoms with Crippen molar-refractivity contribution in [1.29, 1.82) is 0 Å². The summed E-state index contributed by atoms with van der Waals surface area (Å²) in [6.45, 7) is 3.96. The van der Waals surface area contributed by atoms with Gasteiger partial charge < -0.3 is 10.0 Å². The number of carbonyl (C=O) groups excluding carboxylic acids is 1. The van der Waals surface area contributed by atoms with Crippen molar-refractivity contribution in [2.45, 2.75) is 38.3 Å². The molecule has 1 amide bonds. The standard InChI is InChI=1S/C18H24N4O2/c1-18(24,16-7-3-2-4-8-16)12-17(23)21-10-5-6-15(13-21)14-22-11-9-19-20-22/h2-4,7-9,11,15,24H,5-6,10,12-14H2,1H3. The highest BCUT2D eigenvalue weighted by Crippen LogP contribution is 2.27. The van der Waals surface area contributed by atoms with Gasteiger partial charge in [-0.25, -0.2) is 0 Å². The summed E-state index contributed by atoms with van der Waals surface area (Å²) in [5.41, 5.74) is -0.369. The summed E-state index contributed by atoms with van der Waals surface area (Å²) < 4.78 is 1.82. The first-order chi connectivity index (χ1) is 11.5. The van der Waals surface area contributed by atoms with Crippen LogP contribution in [-0.2, 0) is 16.9 Å². The van der Waals surface area contributed by atoms with E-state index in [9.17, 15) is 9.90 Å². The summed E-state index contributed by atoms with van der Waals surface area (Å²) in [7, 11) is 0. The molecule has 6 heteroatoms. The summed E-state index contributed by atoms with van der Waals surface area (Å²) in [6, 6.07) is 9.38. The lowest BCUT2D eigenvalue weighted by molar-refractivity contribution is -0.138. The van der Waals surface area contributed by atoms with E-state index in [1.165, 1.54) is 0 Å². The van der Waals surface area contributed by atoms with E-state index < -0.39 is 5.60 Å². The first-order valence-corrected chi connectivity index (χ1v) is 8.44. The van der Waals surface area contributed by atoms with Crippen LogP contribution in [0.15, 0.2) is 42.7 Å². The van der Waals surface area contributed by atoms with Gasteiger partial charge in [0, 0.05) is 25.8 Å². The molecule has 0 aliphatic carbocycles. The molecule has 1 N–H and O–H groups in total. The number of likely N-dealkylation sites (tertiary alicyclic amines) is 1. The van der Waals surface area contributed by atoms with Gasteiger partial charge in [0.05, 0.1) is 18.2 Å². The van der Waals surface area contributed by atoms with E-state index in [1.54, 1.807) is 13.1 Å². The van der Waals surface area contributed by atoms with Gasteiger partial charge in [0.15, 0.2) is 0 Å². The van der Waals surface area contributed by atoms with Gasteiger partial charge in [-0.05, 0) is 31.2 Å². The van der Waals surface area contributed by atoms with Gasteiger partial charge in [-0.15, -0.1) is 5.10 Å². The lowest BCUT2D eigenvalue weighted by atomic mass is 9.91. The lowest BCUT2D eigenvalue weighted by Crippen LogP contribution is -2.43. The number of aliphatic hydroxyl groups is 1. The Morgan fingerprint density at radius 3 is 2.88 bits per heavy atom. The molecule has 24 heavy (non-hydrogen) atoms. The molecule has 2 unspecified atom stereocenters. The molecule has 2 heterocycles. The van der Waals surface area contributed by atoms with Crippen LogP contribution >= 0.6 is 0 Å². The molecule has 6 nitrogen and oxygen atoms in total. The Hall–Kier alpha value is -2.21. The molecule has 1 aliphatic rings. The number of hydrogen-bond acceptors (Lipinski definition) is 4. The third-order valence-electron chi connectivity index (χ3n) is 4.68. The first kappa shape index (κ1) is 16.6. The maximum absolute atomic E-state index is 12.7. The van der Waals surface area contributed by atoms with Crippen LogP contribution in [0.5, 0.6) is 0 Å². The van der Waals surface area contributed by atoms with Crippen LogP contribution in [0.4, 0.5) is 0 Å². The Bertz CT molecular complexity index is 655. The summed E-state index contributed by atoms with van der Waals surface area (Å²) >= 11 is 0. The van der Waals surface area contributed by atoms with Crippen molar-refractivity contribution in [3.8, 4) is 0 Å². The molecule has 128 valence electrons. The number of carbonyl (C=O) groups is 1. The summed E-state index contributed by atoms with van der Waals surface area (Å²) in [6.07, 6.45) is 5.69. The van der Waals surface area contributed by atoms with Crippen molar-refractivity contribution in [1.82, 2.24) is 19.9 Å². The van der Waals surface area contributed by atoms with Crippen molar-refractivity contribution in [3.05, 3.63) is 48.3 Å². The number of benzene rings is 1. The summed E-state index contributed by atoms with van der Waals surface area (Å²) in [5, 5.41) is 18.5. The van der Waals surface area contributed by atoms with Crippen molar-refractivity contribution < 1.29 is 9.90 Å². The molecule has 0 bridgehead atoms. The third-order valence-corrected chi connectivity index (χ3v) is 4.68. The number of hydrogen-bond donors (Lipinski definition) is 1. The predicted octanol–water partition coefficient (Wildman–Crippen LogP) is 1.81. The fraction of sp³-hybridized carbons (Fsp3) is 0.500. The maximum Gasteiger partial charge on any atom is 0.225 e. The van der Waals surface area contributed by atoms with Crippen LogP contribution in [0.25, 0.3) is 0 Å². The highest BCUT2D eigenvalue weighted by molar-refractivity contribution is 5.77. The molecule has 0 spiro atoms. The van der Waals surface area contributed by atoms with E-state index in [-0.39, 0.29) is 12.3 Å². The van der Waals surface area contributed by atoms with E-state index in [1.807, 2.05) is 46.1 Å². The van der Waals surface area contributed by atoms with Crippen LogP contribution in [0, 0.1) is 5.92 Å². The molecule has 2 atom stereocenters. The van der Waals surface area contributed by atoms with Gasteiger partial charge in [0.1, 0.15) is 0 Å². The molecule has 0 radical (unpaired) electrons. The Labute approximate surface area is 142 Å². The Morgan fingerprint density at radius 2 is 2.17 bits per heavy atom. The average molecular weight is 328 g/mol. The maximum atomic E-state index is 12.7. The minimum atomic E-state index is -1.14. The molecular formula is C18H24N4O2. The van der Waals surface area contributed by atoms with Crippen molar-refractivity contribution >= 4 is 5.91 Å². The quantitative estimate of drug-likeness (QED) is 0.909.